The SMILES string of the molecule is CC1=C(C)C2NC=C3C(=O)N=NC3=C2C=C1. The van der Waals surface area contributed by atoms with Crippen LogP contribution >= 0.6 is 0 Å². The molecule has 0 aromatic heterocycles. The summed E-state index contributed by atoms with van der Waals surface area (Å²) in [6.07, 6.45) is 5.79. The molecule has 0 fully saturated rings. The first-order valence-electron chi connectivity index (χ1n) is 5.21. The summed E-state index contributed by atoms with van der Waals surface area (Å²) < 4.78 is 0. The van der Waals surface area contributed by atoms with Crippen molar-refractivity contribution in [2.75, 3.05) is 0 Å². The number of nitrogens with one attached hydrogen (secondary N) is 1. The number of azo groups is 1. The lowest BCUT2D eigenvalue weighted by Crippen LogP contribution is -2.33. The third-order valence-corrected chi connectivity index (χ3v) is 3.27. The first kappa shape index (κ1) is 9.27. The molecule has 0 saturated carbocycles. The third-order valence-electron chi connectivity index (χ3n) is 3.27. The van der Waals surface area contributed by atoms with E-state index in [1.54, 1.807) is 6.20 Å². The van der Waals surface area contributed by atoms with Crippen LogP contribution in [0, 0.1) is 0 Å². The summed E-state index contributed by atoms with van der Waals surface area (Å²) in [5, 5.41) is 10.8. The molecule has 0 saturated heterocycles. The highest BCUT2D eigenvalue weighted by atomic mass is 16.2. The zero-order chi connectivity index (χ0) is 11.3. The average molecular weight is 213 g/mol. The van der Waals surface area contributed by atoms with E-state index in [-0.39, 0.29) is 11.9 Å². The van der Waals surface area contributed by atoms with Gasteiger partial charge in [0.25, 0.3) is 5.91 Å². The van der Waals surface area contributed by atoms with Crippen molar-refractivity contribution in [2.45, 2.75) is 19.9 Å². The van der Waals surface area contributed by atoms with Gasteiger partial charge in [-0.3, -0.25) is 4.79 Å². The molecule has 0 bridgehead atoms. The van der Waals surface area contributed by atoms with Crippen molar-refractivity contribution in [2.24, 2.45) is 10.2 Å². The molecule has 1 atom stereocenters. The van der Waals surface area contributed by atoms with Gasteiger partial charge < -0.3 is 5.32 Å². The second-order valence-corrected chi connectivity index (χ2v) is 4.17. The number of dihydropyridines is 1. The van der Waals surface area contributed by atoms with Gasteiger partial charge in [0.1, 0.15) is 5.70 Å². The van der Waals surface area contributed by atoms with Crippen LogP contribution in [0.15, 0.2) is 56.6 Å². The Labute approximate surface area is 93.1 Å². The average Bonchev–Trinajstić information content (AvgIpc) is 2.66. The maximum atomic E-state index is 11.4. The normalized spacial score (nSPS) is 26.8. The highest BCUT2D eigenvalue weighted by Crippen LogP contribution is 2.34. The Bertz CT molecular complexity index is 547. The number of hydrogen-bond donors (Lipinski definition) is 1. The topological polar surface area (TPSA) is 53.8 Å². The van der Waals surface area contributed by atoms with Crippen LogP contribution in [-0.2, 0) is 4.79 Å². The lowest BCUT2D eigenvalue weighted by Gasteiger charge is -2.28. The molecule has 80 valence electrons. The third kappa shape index (κ3) is 1.07. The van der Waals surface area contributed by atoms with Crippen molar-refractivity contribution < 1.29 is 4.79 Å². The molecule has 1 N–H and O–H groups in total. The Balaban J connectivity index is 2.16. The first-order valence-corrected chi connectivity index (χ1v) is 5.21. The van der Waals surface area contributed by atoms with E-state index >= 15 is 0 Å². The van der Waals surface area contributed by atoms with E-state index in [1.807, 2.05) is 6.08 Å². The molecule has 4 nitrogen and oxygen atoms in total. The molecular formula is C12H11N3O. The van der Waals surface area contributed by atoms with E-state index < -0.39 is 0 Å². The summed E-state index contributed by atoms with van der Waals surface area (Å²) in [6.45, 7) is 4.17. The molecule has 2 heterocycles. The maximum Gasteiger partial charge on any atom is 0.299 e. The largest absolute Gasteiger partial charge is 0.380 e. The van der Waals surface area contributed by atoms with Crippen LogP contribution in [-0.4, -0.2) is 11.9 Å². The second-order valence-electron chi connectivity index (χ2n) is 4.17. The van der Waals surface area contributed by atoms with E-state index in [2.05, 4.69) is 35.5 Å². The summed E-state index contributed by atoms with van der Waals surface area (Å²) in [7, 11) is 0. The molecule has 1 aliphatic carbocycles. The number of carbonyl (C=O) groups is 1. The molecule has 0 radical (unpaired) electrons. The van der Waals surface area contributed by atoms with Crippen LogP contribution in [0.3, 0.4) is 0 Å². The van der Waals surface area contributed by atoms with Gasteiger partial charge in [0.15, 0.2) is 0 Å². The summed E-state index contributed by atoms with van der Waals surface area (Å²) in [5.74, 6) is -0.259. The Morgan fingerprint density at radius 1 is 1.25 bits per heavy atom. The minimum Gasteiger partial charge on any atom is -0.380 e. The molecule has 2 aliphatic heterocycles. The predicted octanol–water partition coefficient (Wildman–Crippen LogP) is 1.99. The molecule has 0 aromatic carbocycles. The lowest BCUT2D eigenvalue weighted by molar-refractivity contribution is -0.114. The van der Waals surface area contributed by atoms with Gasteiger partial charge in [-0.15, -0.1) is 10.2 Å². The van der Waals surface area contributed by atoms with Crippen LogP contribution in [0.1, 0.15) is 13.8 Å². The van der Waals surface area contributed by atoms with E-state index in [9.17, 15) is 4.79 Å². The van der Waals surface area contributed by atoms with E-state index in [1.165, 1.54) is 11.1 Å². The zero-order valence-electron chi connectivity index (χ0n) is 9.11. The van der Waals surface area contributed by atoms with Crippen molar-refractivity contribution in [3.8, 4) is 0 Å². The van der Waals surface area contributed by atoms with Gasteiger partial charge in [0, 0.05) is 11.8 Å². The number of fused-ring (bicyclic) bond motifs is 2. The highest BCUT2D eigenvalue weighted by molar-refractivity contribution is 6.01. The van der Waals surface area contributed by atoms with E-state index in [0.29, 0.717) is 5.57 Å². The van der Waals surface area contributed by atoms with Crippen LogP contribution in [0.2, 0.25) is 0 Å². The molecule has 3 rings (SSSR count). The van der Waals surface area contributed by atoms with Crippen molar-refractivity contribution in [3.05, 3.63) is 46.3 Å². The Morgan fingerprint density at radius 3 is 2.88 bits per heavy atom. The van der Waals surface area contributed by atoms with Crippen molar-refractivity contribution >= 4 is 5.91 Å². The van der Waals surface area contributed by atoms with Gasteiger partial charge >= 0.3 is 0 Å². The molecule has 3 aliphatic rings. The van der Waals surface area contributed by atoms with Gasteiger partial charge in [0.2, 0.25) is 0 Å². The number of carbonyl (C=O) groups excluding carboxylic acids is 1. The minimum absolute atomic E-state index is 0.133. The van der Waals surface area contributed by atoms with Crippen molar-refractivity contribution in [3.63, 3.8) is 0 Å². The van der Waals surface area contributed by atoms with Gasteiger partial charge in [-0.1, -0.05) is 12.2 Å². The summed E-state index contributed by atoms with van der Waals surface area (Å²) >= 11 is 0. The maximum absolute atomic E-state index is 11.4. The van der Waals surface area contributed by atoms with Crippen LogP contribution < -0.4 is 5.32 Å². The predicted molar refractivity (Wildman–Crippen MR) is 59.4 cm³/mol. The zero-order valence-corrected chi connectivity index (χ0v) is 9.11. The first-order chi connectivity index (χ1) is 7.68. The van der Waals surface area contributed by atoms with Crippen LogP contribution in [0.25, 0.3) is 0 Å². The fourth-order valence-corrected chi connectivity index (χ4v) is 2.15. The molecule has 1 unspecified atom stereocenters. The number of rotatable bonds is 0. The molecule has 0 spiro atoms. The van der Waals surface area contributed by atoms with Crippen LogP contribution in [0.4, 0.5) is 0 Å². The van der Waals surface area contributed by atoms with Gasteiger partial charge in [-0.2, -0.15) is 0 Å². The Hall–Kier alpha value is -1.97. The fraction of sp³-hybridized carbons (Fsp3) is 0.250. The number of amides is 1. The quantitative estimate of drug-likeness (QED) is 0.669. The number of allylic oxidation sites excluding steroid dienone is 2. The molecular weight excluding hydrogens is 202 g/mol. The number of hydrogen-bond acceptors (Lipinski definition) is 3. The number of nitrogens with zero attached hydrogens (tertiary/aromatic N) is 2. The Kier molecular flexibility index (Phi) is 1.74. The molecule has 4 heteroatoms. The smallest absolute Gasteiger partial charge is 0.299 e. The van der Waals surface area contributed by atoms with Crippen LogP contribution in [0.5, 0.6) is 0 Å². The molecule has 1 amide bonds. The van der Waals surface area contributed by atoms with Gasteiger partial charge in [0.05, 0.1) is 11.6 Å². The summed E-state index contributed by atoms with van der Waals surface area (Å²) in [5.41, 5.74) is 4.84. The highest BCUT2D eigenvalue weighted by Gasteiger charge is 2.32. The van der Waals surface area contributed by atoms with Crippen molar-refractivity contribution in [1.29, 1.82) is 0 Å². The monoisotopic (exact) mass is 213 g/mol. The Morgan fingerprint density at radius 2 is 2.06 bits per heavy atom. The van der Waals surface area contributed by atoms with Gasteiger partial charge in [-0.25, -0.2) is 0 Å². The molecule has 0 aromatic rings. The fourth-order valence-electron chi connectivity index (χ4n) is 2.15. The second kappa shape index (κ2) is 3.01. The van der Waals surface area contributed by atoms with Gasteiger partial charge in [-0.05, 0) is 25.0 Å². The molecule has 16 heavy (non-hydrogen) atoms. The summed E-state index contributed by atoms with van der Waals surface area (Å²) in [6, 6.07) is 0.133. The minimum atomic E-state index is -0.259. The van der Waals surface area contributed by atoms with Crippen molar-refractivity contribution in [1.82, 2.24) is 5.32 Å². The van der Waals surface area contributed by atoms with E-state index in [4.69, 9.17) is 0 Å². The van der Waals surface area contributed by atoms with E-state index in [0.717, 1.165) is 11.3 Å². The summed E-state index contributed by atoms with van der Waals surface area (Å²) in [4.78, 5) is 11.4. The lowest BCUT2D eigenvalue weighted by atomic mass is 9.86. The standard InChI is InChI=1S/C12H11N3O/c1-6-3-4-8-10(7(6)2)13-5-9-11(8)14-15-12(9)16/h3-5,10,13H,1-2H3.